The SMILES string of the molecule is Cc1nn(CCC(=O)NCCCn2nc(C(F)(F)F)cc2C)c(C)c1[N+](=O)[O-]. The van der Waals surface area contributed by atoms with Gasteiger partial charge < -0.3 is 5.32 Å². The number of amides is 1. The van der Waals surface area contributed by atoms with Crippen LogP contribution in [0.15, 0.2) is 6.07 Å². The van der Waals surface area contributed by atoms with Crippen LogP contribution in [0.3, 0.4) is 0 Å². The molecule has 0 saturated heterocycles. The molecule has 154 valence electrons. The number of carbonyl (C=O) groups is 1. The van der Waals surface area contributed by atoms with Gasteiger partial charge in [0.2, 0.25) is 5.91 Å². The largest absolute Gasteiger partial charge is 0.435 e. The highest BCUT2D eigenvalue weighted by Crippen LogP contribution is 2.28. The van der Waals surface area contributed by atoms with Crippen LogP contribution in [-0.4, -0.2) is 36.9 Å². The standard InChI is InChI=1S/C16H21F3N6O3/c1-10-9-13(16(17,18)19)22-23(10)7-4-6-20-14(26)5-8-24-12(3)15(25(27)28)11(2)21-24/h9H,4-8H2,1-3H3,(H,20,26). The highest BCUT2D eigenvalue weighted by molar-refractivity contribution is 5.75. The Morgan fingerprint density at radius 3 is 2.43 bits per heavy atom. The fourth-order valence-electron chi connectivity index (χ4n) is 2.80. The highest BCUT2D eigenvalue weighted by atomic mass is 19.4. The summed E-state index contributed by atoms with van der Waals surface area (Å²) in [5.74, 6) is -0.275. The molecule has 28 heavy (non-hydrogen) atoms. The zero-order valence-corrected chi connectivity index (χ0v) is 15.7. The summed E-state index contributed by atoms with van der Waals surface area (Å²) in [6, 6.07) is 0.978. The van der Waals surface area contributed by atoms with Crippen molar-refractivity contribution in [3.8, 4) is 0 Å². The molecule has 1 N–H and O–H groups in total. The lowest BCUT2D eigenvalue weighted by Crippen LogP contribution is -2.26. The van der Waals surface area contributed by atoms with E-state index < -0.39 is 16.8 Å². The topological polar surface area (TPSA) is 108 Å². The van der Waals surface area contributed by atoms with E-state index in [1.54, 1.807) is 6.92 Å². The van der Waals surface area contributed by atoms with Crippen molar-refractivity contribution in [2.45, 2.75) is 52.9 Å². The number of rotatable bonds is 8. The zero-order valence-electron chi connectivity index (χ0n) is 15.7. The van der Waals surface area contributed by atoms with Crippen molar-refractivity contribution in [1.29, 1.82) is 0 Å². The van der Waals surface area contributed by atoms with Gasteiger partial charge in [0, 0.05) is 25.2 Å². The van der Waals surface area contributed by atoms with Crippen molar-refractivity contribution in [3.63, 3.8) is 0 Å². The Bertz CT molecular complexity index is 872. The van der Waals surface area contributed by atoms with Crippen molar-refractivity contribution in [3.05, 3.63) is 39.0 Å². The van der Waals surface area contributed by atoms with Gasteiger partial charge in [0.15, 0.2) is 5.69 Å². The lowest BCUT2D eigenvalue weighted by molar-refractivity contribution is -0.386. The minimum atomic E-state index is -4.48. The number of nitrogens with one attached hydrogen (secondary N) is 1. The van der Waals surface area contributed by atoms with Crippen molar-refractivity contribution < 1.29 is 22.9 Å². The van der Waals surface area contributed by atoms with Gasteiger partial charge in [0.05, 0.1) is 11.5 Å². The van der Waals surface area contributed by atoms with Gasteiger partial charge in [-0.1, -0.05) is 0 Å². The Kier molecular flexibility index (Phi) is 6.41. The smallest absolute Gasteiger partial charge is 0.356 e. The van der Waals surface area contributed by atoms with Gasteiger partial charge in [0.1, 0.15) is 11.4 Å². The van der Waals surface area contributed by atoms with Gasteiger partial charge in [-0.3, -0.25) is 24.3 Å². The molecule has 0 radical (unpaired) electrons. The minimum Gasteiger partial charge on any atom is -0.356 e. The molecular weight excluding hydrogens is 381 g/mol. The quantitative estimate of drug-likeness (QED) is 0.415. The van der Waals surface area contributed by atoms with Crippen LogP contribution >= 0.6 is 0 Å². The number of alkyl halides is 3. The highest BCUT2D eigenvalue weighted by Gasteiger charge is 2.34. The van der Waals surface area contributed by atoms with E-state index in [1.165, 1.54) is 23.2 Å². The maximum absolute atomic E-state index is 12.6. The van der Waals surface area contributed by atoms with E-state index in [9.17, 15) is 28.1 Å². The number of aromatic nitrogens is 4. The number of aryl methyl sites for hydroxylation is 4. The predicted molar refractivity (Wildman–Crippen MR) is 92.6 cm³/mol. The van der Waals surface area contributed by atoms with Gasteiger partial charge in [0.25, 0.3) is 0 Å². The van der Waals surface area contributed by atoms with E-state index in [0.717, 1.165) is 6.07 Å². The molecule has 0 aromatic carbocycles. The van der Waals surface area contributed by atoms with E-state index in [1.807, 2.05) is 0 Å². The average molecular weight is 402 g/mol. The van der Waals surface area contributed by atoms with E-state index in [4.69, 9.17) is 0 Å². The van der Waals surface area contributed by atoms with E-state index in [-0.39, 0.29) is 43.3 Å². The number of halogens is 3. The van der Waals surface area contributed by atoms with E-state index >= 15 is 0 Å². The first-order valence-electron chi connectivity index (χ1n) is 8.57. The summed E-state index contributed by atoms with van der Waals surface area (Å²) in [5.41, 5.74) is 0.0617. The molecule has 0 aliphatic carbocycles. The third-order valence-corrected chi connectivity index (χ3v) is 4.22. The molecular formula is C16H21F3N6O3. The van der Waals surface area contributed by atoms with Crippen molar-refractivity contribution in [1.82, 2.24) is 24.9 Å². The number of nitrogens with zero attached hydrogens (tertiary/aromatic N) is 5. The molecule has 0 aliphatic rings. The molecule has 1 amide bonds. The molecule has 0 bridgehead atoms. The Morgan fingerprint density at radius 2 is 1.89 bits per heavy atom. The molecule has 0 aliphatic heterocycles. The monoisotopic (exact) mass is 402 g/mol. The van der Waals surface area contributed by atoms with Gasteiger partial charge in [-0.15, -0.1) is 0 Å². The van der Waals surface area contributed by atoms with Crippen LogP contribution in [0.2, 0.25) is 0 Å². The average Bonchev–Trinajstić information content (AvgIpc) is 3.09. The number of hydrogen-bond donors (Lipinski definition) is 1. The molecule has 0 fully saturated rings. The van der Waals surface area contributed by atoms with Crippen LogP contribution in [0.4, 0.5) is 18.9 Å². The van der Waals surface area contributed by atoms with Crippen molar-refractivity contribution in [2.24, 2.45) is 0 Å². The van der Waals surface area contributed by atoms with Crippen LogP contribution in [0, 0.1) is 30.9 Å². The van der Waals surface area contributed by atoms with Gasteiger partial charge in [-0.2, -0.15) is 23.4 Å². The summed E-state index contributed by atoms with van der Waals surface area (Å²) in [5, 5.41) is 21.2. The van der Waals surface area contributed by atoms with Crippen LogP contribution in [0.25, 0.3) is 0 Å². The zero-order chi connectivity index (χ0) is 21.1. The van der Waals surface area contributed by atoms with Crippen molar-refractivity contribution >= 4 is 11.6 Å². The predicted octanol–water partition coefficient (Wildman–Crippen LogP) is 2.53. The van der Waals surface area contributed by atoms with E-state index in [0.29, 0.717) is 17.8 Å². The normalized spacial score (nSPS) is 11.6. The first kappa shape index (κ1) is 21.4. The third kappa shape index (κ3) is 5.08. The van der Waals surface area contributed by atoms with Crippen LogP contribution in [-0.2, 0) is 24.1 Å². The molecule has 2 aromatic rings. The molecule has 9 nitrogen and oxygen atoms in total. The third-order valence-electron chi connectivity index (χ3n) is 4.22. The summed E-state index contributed by atoms with van der Waals surface area (Å²) in [4.78, 5) is 22.4. The number of nitro groups is 1. The Morgan fingerprint density at radius 1 is 1.21 bits per heavy atom. The van der Waals surface area contributed by atoms with Crippen LogP contribution < -0.4 is 5.32 Å². The maximum atomic E-state index is 12.6. The minimum absolute atomic E-state index is 0.0618. The molecule has 12 heteroatoms. The Hall–Kier alpha value is -2.92. The molecule has 2 aromatic heterocycles. The summed E-state index contributed by atoms with van der Waals surface area (Å²) in [7, 11) is 0. The first-order chi connectivity index (χ1) is 13.0. The van der Waals surface area contributed by atoms with Crippen LogP contribution in [0.1, 0.15) is 35.6 Å². The second kappa shape index (κ2) is 8.40. The summed E-state index contributed by atoms with van der Waals surface area (Å²) in [6.45, 7) is 5.34. The molecule has 2 rings (SSSR count). The summed E-state index contributed by atoms with van der Waals surface area (Å²) in [6.07, 6.45) is -3.99. The van der Waals surface area contributed by atoms with Gasteiger partial charge >= 0.3 is 11.9 Å². The first-order valence-corrected chi connectivity index (χ1v) is 8.57. The molecule has 0 spiro atoms. The van der Waals surface area contributed by atoms with E-state index in [2.05, 4.69) is 15.5 Å². The molecule has 0 unspecified atom stereocenters. The molecule has 2 heterocycles. The lowest BCUT2D eigenvalue weighted by atomic mass is 10.3. The fourth-order valence-corrected chi connectivity index (χ4v) is 2.80. The fraction of sp³-hybridized carbons (Fsp3) is 0.562. The number of carbonyl (C=O) groups excluding carboxylic acids is 1. The Balaban J connectivity index is 1.78. The molecule has 0 atom stereocenters. The second-order valence-electron chi connectivity index (χ2n) is 6.35. The van der Waals surface area contributed by atoms with Gasteiger partial charge in [-0.05, 0) is 33.3 Å². The van der Waals surface area contributed by atoms with Gasteiger partial charge in [-0.25, -0.2) is 0 Å². The lowest BCUT2D eigenvalue weighted by Gasteiger charge is -2.07. The van der Waals surface area contributed by atoms with Crippen molar-refractivity contribution in [2.75, 3.05) is 6.54 Å². The molecule has 0 saturated carbocycles. The summed E-state index contributed by atoms with van der Waals surface area (Å²) >= 11 is 0. The summed E-state index contributed by atoms with van der Waals surface area (Å²) < 4.78 is 40.5. The second-order valence-corrected chi connectivity index (χ2v) is 6.35. The van der Waals surface area contributed by atoms with Crippen LogP contribution in [0.5, 0.6) is 0 Å². The number of hydrogen-bond acceptors (Lipinski definition) is 5. The maximum Gasteiger partial charge on any atom is 0.435 e. The Labute approximate surface area is 158 Å².